The molecule has 0 radical (unpaired) electrons. The van der Waals surface area contributed by atoms with E-state index in [2.05, 4.69) is 9.97 Å². The normalized spacial score (nSPS) is 17.6. The van der Waals surface area contributed by atoms with Gasteiger partial charge in [-0.3, -0.25) is 19.6 Å². The van der Waals surface area contributed by atoms with E-state index in [4.69, 9.17) is 4.74 Å². The van der Waals surface area contributed by atoms with Gasteiger partial charge in [-0.15, -0.1) is 0 Å². The molecule has 3 heterocycles. The minimum absolute atomic E-state index is 0.00707. The first-order valence-corrected chi connectivity index (χ1v) is 10.7. The van der Waals surface area contributed by atoms with Crippen LogP contribution in [0, 0.1) is 6.92 Å². The number of aryl methyl sites for hydroxylation is 1. The van der Waals surface area contributed by atoms with E-state index in [1.165, 1.54) is 4.90 Å². The summed E-state index contributed by atoms with van der Waals surface area (Å²) in [5.41, 5.74) is 2.78. The van der Waals surface area contributed by atoms with Gasteiger partial charge < -0.3 is 14.7 Å². The average Bonchev–Trinajstić information content (AvgIpc) is 3.06. The Labute approximate surface area is 192 Å². The predicted molar refractivity (Wildman–Crippen MR) is 123 cm³/mol. The molecule has 0 bridgehead atoms. The Balaban J connectivity index is 1.81. The van der Waals surface area contributed by atoms with Crippen molar-refractivity contribution >= 4 is 17.4 Å². The lowest BCUT2D eigenvalue weighted by molar-refractivity contribution is -0.140. The summed E-state index contributed by atoms with van der Waals surface area (Å²) in [5, 5.41) is 11.2. The Kier molecular flexibility index (Phi) is 6.22. The molecule has 1 fully saturated rings. The van der Waals surface area contributed by atoms with Crippen molar-refractivity contribution in [1.29, 1.82) is 0 Å². The van der Waals surface area contributed by atoms with E-state index < -0.39 is 17.7 Å². The summed E-state index contributed by atoms with van der Waals surface area (Å²) in [6.45, 7) is 5.93. The number of benzene rings is 1. The number of ketones is 1. The number of hydrogen-bond acceptors (Lipinski definition) is 6. The van der Waals surface area contributed by atoms with Crippen molar-refractivity contribution in [3.63, 3.8) is 0 Å². The molecule has 1 amide bonds. The van der Waals surface area contributed by atoms with Gasteiger partial charge in [0.1, 0.15) is 11.5 Å². The Bertz CT molecular complexity index is 1210. The highest BCUT2D eigenvalue weighted by atomic mass is 16.5. The molecule has 1 saturated heterocycles. The number of hydrogen-bond donors (Lipinski definition) is 1. The molecule has 0 spiro atoms. The van der Waals surface area contributed by atoms with Crippen molar-refractivity contribution < 1.29 is 19.4 Å². The number of aliphatic hydroxyl groups excluding tert-OH is 1. The van der Waals surface area contributed by atoms with Crippen molar-refractivity contribution in [2.45, 2.75) is 39.5 Å². The van der Waals surface area contributed by atoms with Gasteiger partial charge in [-0.2, -0.15) is 0 Å². The first-order chi connectivity index (χ1) is 15.9. The summed E-state index contributed by atoms with van der Waals surface area (Å²) < 4.78 is 5.78. The third kappa shape index (κ3) is 4.48. The van der Waals surface area contributed by atoms with Crippen LogP contribution in [0.5, 0.6) is 5.75 Å². The highest BCUT2D eigenvalue weighted by Gasteiger charge is 2.46. The maximum absolute atomic E-state index is 13.1. The molecule has 1 unspecified atom stereocenters. The van der Waals surface area contributed by atoms with Gasteiger partial charge in [0, 0.05) is 36.9 Å². The van der Waals surface area contributed by atoms with E-state index in [-0.39, 0.29) is 24.0 Å². The van der Waals surface area contributed by atoms with E-state index in [9.17, 15) is 14.7 Å². The highest BCUT2D eigenvalue weighted by molar-refractivity contribution is 6.46. The minimum Gasteiger partial charge on any atom is -0.507 e. The van der Waals surface area contributed by atoms with Crippen molar-refractivity contribution in [3.8, 4) is 5.75 Å². The Morgan fingerprint density at radius 3 is 2.48 bits per heavy atom. The number of amides is 1. The molecule has 1 aromatic carbocycles. The number of aromatic nitrogens is 2. The lowest BCUT2D eigenvalue weighted by Crippen LogP contribution is -2.29. The molecule has 1 N–H and O–H groups in total. The van der Waals surface area contributed by atoms with Gasteiger partial charge in [-0.25, -0.2) is 0 Å². The summed E-state index contributed by atoms with van der Waals surface area (Å²) in [6.07, 6.45) is 6.50. The zero-order chi connectivity index (χ0) is 23.5. The van der Waals surface area contributed by atoms with E-state index in [0.29, 0.717) is 16.9 Å². The molecule has 7 heteroatoms. The molecule has 4 rings (SSSR count). The number of ether oxygens (including phenoxy) is 1. The van der Waals surface area contributed by atoms with Crippen LogP contribution in [0.1, 0.15) is 42.1 Å². The summed E-state index contributed by atoms with van der Waals surface area (Å²) >= 11 is 0. The molecule has 1 aliphatic heterocycles. The van der Waals surface area contributed by atoms with Gasteiger partial charge in [0.25, 0.3) is 11.7 Å². The third-order valence-electron chi connectivity index (χ3n) is 5.45. The highest BCUT2D eigenvalue weighted by Crippen LogP contribution is 2.40. The summed E-state index contributed by atoms with van der Waals surface area (Å²) in [5.74, 6) is -0.913. The zero-order valence-electron chi connectivity index (χ0n) is 18.7. The second-order valence-corrected chi connectivity index (χ2v) is 8.22. The van der Waals surface area contributed by atoms with Crippen molar-refractivity contribution in [3.05, 3.63) is 95.1 Å². The van der Waals surface area contributed by atoms with Crippen LogP contribution in [0.25, 0.3) is 5.76 Å². The first kappa shape index (κ1) is 22.2. The van der Waals surface area contributed by atoms with Crippen LogP contribution in [0.3, 0.4) is 0 Å². The minimum atomic E-state index is -0.750. The van der Waals surface area contributed by atoms with Crippen LogP contribution >= 0.6 is 0 Å². The largest absolute Gasteiger partial charge is 0.507 e. The number of rotatable bonds is 6. The van der Waals surface area contributed by atoms with Gasteiger partial charge in [-0.05, 0) is 73.9 Å². The number of carbonyl (C=O) groups is 2. The first-order valence-electron chi connectivity index (χ1n) is 10.7. The number of pyridine rings is 2. The van der Waals surface area contributed by atoms with Crippen LogP contribution < -0.4 is 4.74 Å². The molecule has 3 aromatic rings. The van der Waals surface area contributed by atoms with E-state index in [0.717, 1.165) is 11.1 Å². The van der Waals surface area contributed by atoms with Crippen LogP contribution in [0.15, 0.2) is 72.8 Å². The monoisotopic (exact) mass is 443 g/mol. The van der Waals surface area contributed by atoms with Gasteiger partial charge in [0.2, 0.25) is 0 Å². The van der Waals surface area contributed by atoms with Crippen molar-refractivity contribution in [2.75, 3.05) is 0 Å². The molecule has 7 nitrogen and oxygen atoms in total. The summed E-state index contributed by atoms with van der Waals surface area (Å²) in [7, 11) is 0. The lowest BCUT2D eigenvalue weighted by atomic mass is 9.95. The SMILES string of the molecule is Cc1cc(/C(O)=C2\C(=O)C(=O)N(Cc3cccnc3)C2c2ccncc2)ccc1OC(C)C. The second kappa shape index (κ2) is 9.24. The molecule has 168 valence electrons. The lowest BCUT2D eigenvalue weighted by Gasteiger charge is -2.25. The van der Waals surface area contributed by atoms with E-state index >= 15 is 0 Å². The average molecular weight is 444 g/mol. The molecule has 33 heavy (non-hydrogen) atoms. The standard InChI is InChI=1S/C26H25N3O4/c1-16(2)33-21-7-6-20(13-17(21)3)24(30)22-23(19-8-11-27-12-9-19)29(26(32)25(22)31)15-18-5-4-10-28-14-18/h4-14,16,23,30H,15H2,1-3H3/b24-22+. The Morgan fingerprint density at radius 1 is 1.09 bits per heavy atom. The van der Waals surface area contributed by atoms with Gasteiger partial charge in [0.05, 0.1) is 17.7 Å². The number of likely N-dealkylation sites (tertiary alicyclic amines) is 1. The van der Waals surface area contributed by atoms with Crippen LogP contribution in [-0.2, 0) is 16.1 Å². The van der Waals surface area contributed by atoms with E-state index in [1.54, 1.807) is 61.2 Å². The Morgan fingerprint density at radius 2 is 1.85 bits per heavy atom. The van der Waals surface area contributed by atoms with Crippen molar-refractivity contribution in [1.82, 2.24) is 14.9 Å². The molecular formula is C26H25N3O4. The fourth-order valence-electron chi connectivity index (χ4n) is 3.96. The number of nitrogens with zero attached hydrogens (tertiary/aromatic N) is 3. The van der Waals surface area contributed by atoms with Gasteiger partial charge in [0.15, 0.2) is 0 Å². The topological polar surface area (TPSA) is 92.6 Å². The molecule has 2 aromatic heterocycles. The van der Waals surface area contributed by atoms with Gasteiger partial charge in [-0.1, -0.05) is 6.07 Å². The van der Waals surface area contributed by atoms with Crippen LogP contribution in [0.2, 0.25) is 0 Å². The molecule has 1 aliphatic rings. The quantitative estimate of drug-likeness (QED) is 0.349. The van der Waals surface area contributed by atoms with Crippen molar-refractivity contribution in [2.24, 2.45) is 0 Å². The van der Waals surface area contributed by atoms with Crippen LogP contribution in [0.4, 0.5) is 0 Å². The number of Topliss-reactive ketones (excluding diaryl/α,β-unsaturated/α-hetero) is 1. The maximum atomic E-state index is 13.1. The predicted octanol–water partition coefficient (Wildman–Crippen LogP) is 4.19. The molecule has 0 aliphatic carbocycles. The number of carbonyl (C=O) groups excluding carboxylic acids is 2. The zero-order valence-corrected chi connectivity index (χ0v) is 18.7. The molecular weight excluding hydrogens is 418 g/mol. The molecule has 1 atom stereocenters. The van der Waals surface area contributed by atoms with Crippen LogP contribution in [-0.4, -0.2) is 37.8 Å². The fraction of sp³-hybridized carbons (Fsp3) is 0.231. The fourth-order valence-corrected chi connectivity index (χ4v) is 3.96. The number of aliphatic hydroxyl groups is 1. The second-order valence-electron chi connectivity index (χ2n) is 8.22. The van der Waals surface area contributed by atoms with E-state index in [1.807, 2.05) is 26.8 Å². The maximum Gasteiger partial charge on any atom is 0.295 e. The third-order valence-corrected chi connectivity index (χ3v) is 5.45. The summed E-state index contributed by atoms with van der Waals surface area (Å²) in [4.78, 5) is 35.8. The summed E-state index contributed by atoms with van der Waals surface area (Å²) in [6, 6.07) is 11.6. The molecule has 0 saturated carbocycles. The van der Waals surface area contributed by atoms with Gasteiger partial charge >= 0.3 is 0 Å². The smallest absolute Gasteiger partial charge is 0.295 e. The Hall–Kier alpha value is -4.00.